The molecule has 22 heavy (non-hydrogen) atoms. The zero-order chi connectivity index (χ0) is 16.7. The number of carbonyl (C=O) groups excluding carboxylic acids is 1. The summed E-state index contributed by atoms with van der Waals surface area (Å²) >= 11 is 0. The normalized spacial score (nSPS) is 12.0. The molecule has 0 spiro atoms. The number of sulfonamides is 1. The van der Waals surface area contributed by atoms with E-state index in [4.69, 9.17) is 0 Å². The van der Waals surface area contributed by atoms with Gasteiger partial charge in [-0.1, -0.05) is 0 Å². The Labute approximate surface area is 128 Å². The van der Waals surface area contributed by atoms with Crippen molar-refractivity contribution in [3.63, 3.8) is 0 Å². The number of fused-ring (bicyclic) bond motifs is 1. The van der Waals surface area contributed by atoms with Gasteiger partial charge in [-0.05, 0) is 18.2 Å². The van der Waals surface area contributed by atoms with Gasteiger partial charge in [-0.25, -0.2) is 13.2 Å². The zero-order valence-electron chi connectivity index (χ0n) is 12.8. The third-order valence-corrected chi connectivity index (χ3v) is 5.40. The van der Waals surface area contributed by atoms with Crippen molar-refractivity contribution in [1.82, 2.24) is 18.8 Å². The standard InChI is InChI=1S/C13H18N4O4S/c1-14-12(18)8-15(2)22(20,21)9-5-6-10-11(7-9)17(4)13(19)16(10)3/h5-7H,8H2,1-4H3,(H,14,18). The van der Waals surface area contributed by atoms with E-state index in [1.807, 2.05) is 0 Å². The molecule has 0 unspecified atom stereocenters. The molecule has 0 bridgehead atoms. The number of benzene rings is 1. The maximum atomic E-state index is 12.5. The molecule has 0 saturated carbocycles. The van der Waals surface area contributed by atoms with Gasteiger partial charge in [0.15, 0.2) is 0 Å². The predicted octanol–water partition coefficient (Wildman–Crippen LogP) is -0.756. The van der Waals surface area contributed by atoms with Gasteiger partial charge in [0.2, 0.25) is 15.9 Å². The maximum Gasteiger partial charge on any atom is 0.328 e. The number of hydrogen-bond donors (Lipinski definition) is 1. The first-order chi connectivity index (χ1) is 10.2. The fourth-order valence-corrected chi connectivity index (χ4v) is 3.34. The molecule has 0 fully saturated rings. The second-order valence-corrected chi connectivity index (χ2v) is 7.03. The van der Waals surface area contributed by atoms with Crippen LogP contribution in [-0.4, -0.2) is 48.4 Å². The highest BCUT2D eigenvalue weighted by Crippen LogP contribution is 2.20. The summed E-state index contributed by atoms with van der Waals surface area (Å²) in [6.07, 6.45) is 0. The van der Waals surface area contributed by atoms with Crippen molar-refractivity contribution >= 4 is 27.0 Å². The highest BCUT2D eigenvalue weighted by molar-refractivity contribution is 7.89. The summed E-state index contributed by atoms with van der Waals surface area (Å²) in [4.78, 5) is 23.3. The number of likely N-dealkylation sites (N-methyl/N-ethyl adjacent to an activating group) is 2. The van der Waals surface area contributed by atoms with Crippen molar-refractivity contribution < 1.29 is 13.2 Å². The van der Waals surface area contributed by atoms with Crippen molar-refractivity contribution in [3.05, 3.63) is 28.7 Å². The lowest BCUT2D eigenvalue weighted by atomic mass is 10.3. The number of rotatable bonds is 4. The molecule has 0 aliphatic heterocycles. The van der Waals surface area contributed by atoms with Crippen molar-refractivity contribution in [3.8, 4) is 0 Å². The summed E-state index contributed by atoms with van der Waals surface area (Å²) in [5.74, 6) is -0.403. The molecule has 9 heteroatoms. The Kier molecular flexibility index (Phi) is 4.12. The molecular formula is C13H18N4O4S. The molecule has 0 atom stereocenters. The number of aromatic nitrogens is 2. The number of aryl methyl sites for hydroxylation is 2. The fourth-order valence-electron chi connectivity index (χ4n) is 2.19. The van der Waals surface area contributed by atoms with Crippen LogP contribution in [0.5, 0.6) is 0 Å². The zero-order valence-corrected chi connectivity index (χ0v) is 13.6. The molecule has 2 aromatic rings. The highest BCUT2D eigenvalue weighted by Gasteiger charge is 2.23. The van der Waals surface area contributed by atoms with Gasteiger partial charge in [-0.3, -0.25) is 13.9 Å². The van der Waals surface area contributed by atoms with Crippen LogP contribution in [-0.2, 0) is 28.9 Å². The molecule has 1 aromatic heterocycles. The number of nitrogens with zero attached hydrogens (tertiary/aromatic N) is 3. The Balaban J connectivity index is 2.53. The molecule has 0 saturated heterocycles. The molecule has 1 aromatic carbocycles. The molecule has 1 N–H and O–H groups in total. The molecule has 1 amide bonds. The Bertz CT molecular complexity index is 895. The molecule has 120 valence electrons. The first-order valence-electron chi connectivity index (χ1n) is 6.52. The summed E-state index contributed by atoms with van der Waals surface area (Å²) in [7, 11) is 2.16. The van der Waals surface area contributed by atoms with Gasteiger partial charge in [-0.2, -0.15) is 4.31 Å². The van der Waals surface area contributed by atoms with Crippen LogP contribution in [0.2, 0.25) is 0 Å². The van der Waals surface area contributed by atoms with E-state index in [0.29, 0.717) is 11.0 Å². The molecule has 0 aliphatic carbocycles. The highest BCUT2D eigenvalue weighted by atomic mass is 32.2. The van der Waals surface area contributed by atoms with E-state index < -0.39 is 15.9 Å². The minimum Gasteiger partial charge on any atom is -0.358 e. The Morgan fingerprint density at radius 1 is 1.23 bits per heavy atom. The first-order valence-corrected chi connectivity index (χ1v) is 7.96. The van der Waals surface area contributed by atoms with Crippen LogP contribution in [0.4, 0.5) is 0 Å². The summed E-state index contributed by atoms with van der Waals surface area (Å²) in [6.45, 7) is -0.273. The summed E-state index contributed by atoms with van der Waals surface area (Å²) in [5, 5.41) is 2.38. The third-order valence-electron chi connectivity index (χ3n) is 3.60. The van der Waals surface area contributed by atoms with Crippen molar-refractivity contribution in [2.24, 2.45) is 14.1 Å². The minimum absolute atomic E-state index is 0.0348. The minimum atomic E-state index is -3.81. The van der Waals surface area contributed by atoms with Gasteiger partial charge in [0.1, 0.15) is 0 Å². The Morgan fingerprint density at radius 2 is 1.82 bits per heavy atom. The molecule has 1 heterocycles. The smallest absolute Gasteiger partial charge is 0.328 e. The van der Waals surface area contributed by atoms with Crippen LogP contribution in [0.1, 0.15) is 0 Å². The molecular weight excluding hydrogens is 308 g/mol. The lowest BCUT2D eigenvalue weighted by Crippen LogP contribution is -2.36. The Morgan fingerprint density at radius 3 is 2.41 bits per heavy atom. The van der Waals surface area contributed by atoms with E-state index in [9.17, 15) is 18.0 Å². The number of hydrogen-bond acceptors (Lipinski definition) is 4. The van der Waals surface area contributed by atoms with E-state index in [1.54, 1.807) is 20.2 Å². The number of carbonyl (C=O) groups is 1. The number of imidazole rings is 1. The van der Waals surface area contributed by atoms with Gasteiger partial charge >= 0.3 is 5.69 Å². The van der Waals surface area contributed by atoms with Crippen molar-refractivity contribution in [2.45, 2.75) is 4.90 Å². The van der Waals surface area contributed by atoms with Crippen LogP contribution in [0, 0.1) is 0 Å². The monoisotopic (exact) mass is 326 g/mol. The largest absolute Gasteiger partial charge is 0.358 e. The molecule has 0 radical (unpaired) electrons. The average molecular weight is 326 g/mol. The van der Waals surface area contributed by atoms with Gasteiger partial charge in [0.25, 0.3) is 0 Å². The van der Waals surface area contributed by atoms with Gasteiger partial charge < -0.3 is 5.32 Å². The van der Waals surface area contributed by atoms with E-state index >= 15 is 0 Å². The van der Waals surface area contributed by atoms with Crippen molar-refractivity contribution in [1.29, 1.82) is 0 Å². The fraction of sp³-hybridized carbons (Fsp3) is 0.385. The van der Waals surface area contributed by atoms with Gasteiger partial charge in [0.05, 0.1) is 22.5 Å². The quantitative estimate of drug-likeness (QED) is 0.799. The van der Waals surface area contributed by atoms with E-state index in [2.05, 4.69) is 5.32 Å². The molecule has 8 nitrogen and oxygen atoms in total. The second kappa shape index (κ2) is 5.58. The molecule has 2 rings (SSSR count). The van der Waals surface area contributed by atoms with Crippen LogP contribution < -0.4 is 11.0 Å². The Hall–Kier alpha value is -2.13. The predicted molar refractivity (Wildman–Crippen MR) is 82.0 cm³/mol. The lowest BCUT2D eigenvalue weighted by Gasteiger charge is -2.16. The summed E-state index contributed by atoms with van der Waals surface area (Å²) in [6, 6.07) is 4.45. The van der Waals surface area contributed by atoms with Crippen LogP contribution in [0.3, 0.4) is 0 Å². The van der Waals surface area contributed by atoms with Crippen LogP contribution >= 0.6 is 0 Å². The number of nitrogens with one attached hydrogen (secondary N) is 1. The maximum absolute atomic E-state index is 12.5. The topological polar surface area (TPSA) is 93.4 Å². The van der Waals surface area contributed by atoms with Gasteiger partial charge in [-0.15, -0.1) is 0 Å². The van der Waals surface area contributed by atoms with Crippen LogP contribution in [0.25, 0.3) is 11.0 Å². The van der Waals surface area contributed by atoms with E-state index in [-0.39, 0.29) is 17.1 Å². The summed E-state index contributed by atoms with van der Waals surface area (Å²) < 4.78 is 28.8. The van der Waals surface area contributed by atoms with E-state index in [1.165, 1.54) is 35.4 Å². The SMILES string of the molecule is CNC(=O)CN(C)S(=O)(=O)c1ccc2c(c1)n(C)c(=O)n2C. The average Bonchev–Trinajstić information content (AvgIpc) is 2.71. The summed E-state index contributed by atoms with van der Waals surface area (Å²) in [5.41, 5.74) is 0.922. The number of amides is 1. The van der Waals surface area contributed by atoms with E-state index in [0.717, 1.165) is 4.31 Å². The second-order valence-electron chi connectivity index (χ2n) is 4.99. The van der Waals surface area contributed by atoms with Gasteiger partial charge in [0, 0.05) is 28.2 Å². The lowest BCUT2D eigenvalue weighted by molar-refractivity contribution is -0.120. The molecule has 0 aliphatic rings. The van der Waals surface area contributed by atoms with Crippen LogP contribution in [0.15, 0.2) is 27.9 Å². The first kappa shape index (κ1) is 16.2. The van der Waals surface area contributed by atoms with Crippen molar-refractivity contribution in [2.75, 3.05) is 20.6 Å². The third kappa shape index (κ3) is 2.53.